The molecule has 0 aliphatic carbocycles. The third-order valence-electron chi connectivity index (χ3n) is 19.3. The van der Waals surface area contributed by atoms with Crippen LogP contribution in [-0.4, -0.2) is 27.4 Å². The fourth-order valence-electron chi connectivity index (χ4n) is 15.6. The van der Waals surface area contributed by atoms with Crippen LogP contribution in [0.4, 0.5) is 0 Å². The van der Waals surface area contributed by atoms with E-state index >= 15 is 0 Å². The van der Waals surface area contributed by atoms with E-state index in [0.29, 0.717) is 0 Å². The summed E-state index contributed by atoms with van der Waals surface area (Å²) in [4.78, 5) is 0. The second kappa shape index (κ2) is 18.7. The quantitative estimate of drug-likeness (QED) is 0.152. The zero-order valence-corrected chi connectivity index (χ0v) is 48.7. The summed E-state index contributed by atoms with van der Waals surface area (Å²) in [6.07, 6.45) is 0. The Morgan fingerprint density at radius 2 is 0.422 bits per heavy atom. The highest BCUT2D eigenvalue weighted by molar-refractivity contribution is 6.32. The molecule has 0 amide bonds. The maximum absolute atomic E-state index is 2.60. The first-order chi connectivity index (χ1) is 44.7. The van der Waals surface area contributed by atoms with E-state index in [1.54, 1.807) is 0 Å². The van der Waals surface area contributed by atoms with Crippen molar-refractivity contribution in [1.29, 1.82) is 0 Å². The van der Waals surface area contributed by atoms with Crippen LogP contribution in [0.1, 0.15) is 0 Å². The average molecular weight is 1150 g/mol. The molecule has 6 aromatic heterocycles. The van der Waals surface area contributed by atoms with Crippen LogP contribution >= 0.6 is 0 Å². The van der Waals surface area contributed by atoms with Crippen LogP contribution in [0.5, 0.6) is 0 Å². The van der Waals surface area contributed by atoms with Gasteiger partial charge in [-0.1, -0.05) is 170 Å². The predicted octanol–water partition coefficient (Wildman–Crippen LogP) is 21.9. The molecule has 20 rings (SSSR count). The number of rotatable bonds is 7. The molecule has 0 radical (unpaired) electrons. The van der Waals surface area contributed by atoms with Crippen molar-refractivity contribution in [2.24, 2.45) is 0 Å². The lowest BCUT2D eigenvalue weighted by molar-refractivity contribution is 1.16. The minimum absolute atomic E-state index is 1.11. The van der Waals surface area contributed by atoms with E-state index < -0.39 is 0 Å². The molecule has 0 aliphatic heterocycles. The first-order valence-corrected chi connectivity index (χ1v) is 31.0. The van der Waals surface area contributed by atoms with E-state index in [1.165, 1.54) is 114 Å². The summed E-state index contributed by atoms with van der Waals surface area (Å²) in [6, 6.07) is 117. The maximum atomic E-state index is 2.60. The molecule has 6 heteroatoms. The van der Waals surface area contributed by atoms with E-state index in [1.807, 2.05) is 0 Å². The Hall–Kier alpha value is -12.1. The number of fused-ring (bicyclic) bond motifs is 20. The van der Waals surface area contributed by atoms with Gasteiger partial charge in [-0.25, -0.2) is 0 Å². The second-order valence-electron chi connectivity index (χ2n) is 24.0. The summed E-state index contributed by atoms with van der Waals surface area (Å²) in [5.74, 6) is 0. The van der Waals surface area contributed by atoms with Gasteiger partial charge in [0.05, 0.1) is 66.2 Å². The van der Waals surface area contributed by atoms with Crippen molar-refractivity contribution < 1.29 is 0 Å². The Morgan fingerprint density at radius 3 is 0.844 bits per heavy atom. The van der Waals surface area contributed by atoms with E-state index in [9.17, 15) is 0 Å². The molecule has 418 valence electrons. The molecule has 0 unspecified atom stereocenters. The molecular weight excluding hydrogens is 1090 g/mol. The van der Waals surface area contributed by atoms with Crippen molar-refractivity contribution in [2.45, 2.75) is 0 Å². The van der Waals surface area contributed by atoms with Gasteiger partial charge in [0.15, 0.2) is 0 Å². The lowest BCUT2D eigenvalue weighted by Crippen LogP contribution is -1.97. The summed E-state index contributed by atoms with van der Waals surface area (Å²) < 4.78 is 14.8. The van der Waals surface area contributed by atoms with Crippen LogP contribution in [0.2, 0.25) is 0 Å². The first kappa shape index (κ1) is 49.0. The molecular formula is C84H52N6. The molecule has 0 saturated heterocycles. The topological polar surface area (TPSA) is 29.6 Å². The van der Waals surface area contributed by atoms with Crippen LogP contribution < -0.4 is 0 Å². The lowest BCUT2D eigenvalue weighted by Gasteiger charge is -2.12. The molecule has 6 nitrogen and oxygen atoms in total. The normalized spacial score (nSPS) is 12.2. The number of hydrogen-bond acceptors (Lipinski definition) is 0. The fraction of sp³-hybridized carbons (Fsp3) is 0. The Bertz CT molecular complexity index is 6370. The Kier molecular flexibility index (Phi) is 10.2. The van der Waals surface area contributed by atoms with Crippen molar-refractivity contribution >= 4 is 131 Å². The van der Waals surface area contributed by atoms with Gasteiger partial charge in [-0.2, -0.15) is 0 Å². The van der Waals surface area contributed by atoms with E-state index in [2.05, 4.69) is 343 Å². The highest BCUT2D eigenvalue weighted by atomic mass is 15.0. The smallest absolute Gasteiger partial charge is 0.0641 e. The van der Waals surface area contributed by atoms with Crippen LogP contribution in [0.3, 0.4) is 0 Å². The SMILES string of the molecule is c1ccc(-n2c3ccccc3c3cc(-c4ccc5c(c4)c4c(ccc6c7ccc8c(c9ccccc9n8-c8ccc9c(c8)c8ccccc8n9-c8ccccc8)c7n(-c7ccccc7)c64)n5-c4ccc5c(c4)c4ccccc4n5-c4ccccc4)ccc32)cc1. The molecule has 14 aromatic carbocycles. The number of nitrogens with zero attached hydrogens (tertiary/aromatic N) is 6. The van der Waals surface area contributed by atoms with Gasteiger partial charge in [-0.3, -0.25) is 0 Å². The number of aromatic nitrogens is 6. The molecule has 0 N–H and O–H groups in total. The van der Waals surface area contributed by atoms with Gasteiger partial charge in [0.2, 0.25) is 0 Å². The monoisotopic (exact) mass is 1140 g/mol. The summed E-state index contributed by atoms with van der Waals surface area (Å²) in [6.45, 7) is 0. The van der Waals surface area contributed by atoms with Crippen LogP contribution in [0, 0.1) is 0 Å². The molecule has 0 aliphatic rings. The summed E-state index contributed by atoms with van der Waals surface area (Å²) >= 11 is 0. The zero-order chi connectivity index (χ0) is 58.7. The molecule has 20 aromatic rings. The van der Waals surface area contributed by atoms with E-state index in [4.69, 9.17) is 0 Å². The fourth-order valence-corrected chi connectivity index (χ4v) is 15.6. The Balaban J connectivity index is 0.886. The van der Waals surface area contributed by atoms with Gasteiger partial charge in [-0.05, 0) is 157 Å². The number of para-hydroxylation sites is 8. The predicted molar refractivity (Wildman–Crippen MR) is 378 cm³/mol. The molecule has 0 saturated carbocycles. The minimum atomic E-state index is 1.11. The van der Waals surface area contributed by atoms with Crippen LogP contribution in [0.25, 0.3) is 176 Å². The van der Waals surface area contributed by atoms with Crippen molar-refractivity contribution in [3.05, 3.63) is 315 Å². The van der Waals surface area contributed by atoms with E-state index in [-0.39, 0.29) is 0 Å². The van der Waals surface area contributed by atoms with Gasteiger partial charge in [0.25, 0.3) is 0 Å². The first-order valence-electron chi connectivity index (χ1n) is 31.0. The van der Waals surface area contributed by atoms with E-state index in [0.717, 1.165) is 61.8 Å². The highest BCUT2D eigenvalue weighted by Crippen LogP contribution is 2.48. The molecule has 6 heterocycles. The van der Waals surface area contributed by atoms with Gasteiger partial charge in [0, 0.05) is 98.8 Å². The van der Waals surface area contributed by atoms with Crippen molar-refractivity contribution in [3.8, 4) is 45.3 Å². The minimum Gasteiger partial charge on any atom is -0.309 e. The third kappa shape index (κ3) is 6.81. The molecule has 0 fully saturated rings. The average Bonchev–Trinajstić information content (AvgIpc) is 1.86. The molecule has 0 atom stereocenters. The van der Waals surface area contributed by atoms with Crippen molar-refractivity contribution in [3.63, 3.8) is 0 Å². The number of benzene rings is 14. The molecule has 90 heavy (non-hydrogen) atoms. The maximum Gasteiger partial charge on any atom is 0.0641 e. The molecule has 0 bridgehead atoms. The van der Waals surface area contributed by atoms with Crippen molar-refractivity contribution in [1.82, 2.24) is 27.4 Å². The van der Waals surface area contributed by atoms with Gasteiger partial charge in [0.1, 0.15) is 0 Å². The van der Waals surface area contributed by atoms with Crippen molar-refractivity contribution in [2.75, 3.05) is 0 Å². The van der Waals surface area contributed by atoms with Crippen LogP contribution in [-0.2, 0) is 0 Å². The van der Waals surface area contributed by atoms with Gasteiger partial charge >= 0.3 is 0 Å². The van der Waals surface area contributed by atoms with Gasteiger partial charge < -0.3 is 27.4 Å². The third-order valence-corrected chi connectivity index (χ3v) is 19.3. The van der Waals surface area contributed by atoms with Crippen LogP contribution in [0.15, 0.2) is 315 Å². The molecule has 0 spiro atoms. The largest absolute Gasteiger partial charge is 0.309 e. The Morgan fingerprint density at radius 1 is 0.144 bits per heavy atom. The van der Waals surface area contributed by atoms with Gasteiger partial charge in [-0.15, -0.1) is 0 Å². The number of hydrogen-bond donors (Lipinski definition) is 0. The lowest BCUT2D eigenvalue weighted by atomic mass is 10.00. The summed E-state index contributed by atoms with van der Waals surface area (Å²) in [7, 11) is 0. The summed E-state index contributed by atoms with van der Waals surface area (Å²) in [5, 5.41) is 14.6. The summed E-state index contributed by atoms with van der Waals surface area (Å²) in [5.41, 5.74) is 23.2. The highest BCUT2D eigenvalue weighted by Gasteiger charge is 2.27. The zero-order valence-electron chi connectivity index (χ0n) is 48.7. The standard InChI is InChI=1S/C84H52N6/c1-5-21-55(22-6-1)85-71-33-17-13-29-61(71)67-49-53(37-43-75(67)85)54-38-44-78-70(50-54)82-80(89(78)60-40-46-77-69(52-60)63-31-15-19-35-73(63)87(77)57-25-9-3-10-26-57)48-42-65-64-41-47-79-81(83(64)90(84(65)82)58-27-11-4-12-28-58)66-32-16-20-36-74(66)88(79)59-39-45-76-68(51-59)62-30-14-18-34-72(62)86(76)56-23-7-2-8-24-56/h1-52H. The Labute approximate surface area is 516 Å². The second-order valence-corrected chi connectivity index (χ2v) is 24.0.